The first-order valence-electron chi connectivity index (χ1n) is 6.46. The molecule has 0 aliphatic rings. The van der Waals surface area contributed by atoms with Gasteiger partial charge >= 0.3 is 0 Å². The number of rotatable bonds is 3. The zero-order chi connectivity index (χ0) is 13.9. The molecule has 1 heterocycles. The lowest BCUT2D eigenvalue weighted by atomic mass is 10.1. The van der Waals surface area contributed by atoms with Crippen LogP contribution >= 0.6 is 15.9 Å². The molecule has 20 heavy (non-hydrogen) atoms. The van der Waals surface area contributed by atoms with E-state index in [9.17, 15) is 0 Å². The van der Waals surface area contributed by atoms with Gasteiger partial charge in [0.25, 0.3) is 0 Å². The Kier molecular flexibility index (Phi) is 3.65. The number of nitrogens with one attached hydrogen (secondary N) is 1. The molecule has 0 amide bonds. The highest BCUT2D eigenvalue weighted by Gasteiger charge is 2.08. The molecule has 1 aromatic heterocycles. The van der Waals surface area contributed by atoms with Crippen molar-refractivity contribution >= 4 is 32.7 Å². The summed E-state index contributed by atoms with van der Waals surface area (Å²) >= 11 is 3.45. The van der Waals surface area contributed by atoms with E-state index in [1.807, 2.05) is 36.4 Å². The summed E-state index contributed by atoms with van der Waals surface area (Å²) in [5.74, 6) is 0.867. The Balaban J connectivity index is 1.91. The van der Waals surface area contributed by atoms with Crippen LogP contribution in [0.5, 0.6) is 0 Å². The van der Waals surface area contributed by atoms with Crippen LogP contribution in [0.4, 0.5) is 5.82 Å². The standard InChI is InChI=1S/C16H14BrN3/c1-11(12-6-8-13(17)9-7-12)20-16-14-4-2-3-5-15(14)18-10-19-16/h2-11H,1H3,(H,18,19,20)/t11-/m0/s1. The minimum absolute atomic E-state index is 0.182. The Hall–Kier alpha value is -1.94. The molecule has 0 unspecified atom stereocenters. The first-order chi connectivity index (χ1) is 9.74. The second-order valence-corrected chi connectivity index (χ2v) is 5.57. The summed E-state index contributed by atoms with van der Waals surface area (Å²) in [4.78, 5) is 8.63. The molecule has 100 valence electrons. The van der Waals surface area contributed by atoms with Gasteiger partial charge in [0.05, 0.1) is 5.52 Å². The van der Waals surface area contributed by atoms with Crippen molar-refractivity contribution < 1.29 is 0 Å². The van der Waals surface area contributed by atoms with E-state index in [4.69, 9.17) is 0 Å². The summed E-state index contributed by atoms with van der Waals surface area (Å²) in [6.45, 7) is 2.13. The number of para-hydroxylation sites is 1. The summed E-state index contributed by atoms with van der Waals surface area (Å²) in [5.41, 5.74) is 2.17. The molecule has 1 N–H and O–H groups in total. The fraction of sp³-hybridized carbons (Fsp3) is 0.125. The van der Waals surface area contributed by atoms with E-state index in [0.29, 0.717) is 0 Å². The van der Waals surface area contributed by atoms with Crippen LogP contribution in [0.3, 0.4) is 0 Å². The Bertz CT molecular complexity index is 720. The number of fused-ring (bicyclic) bond motifs is 1. The minimum Gasteiger partial charge on any atom is -0.363 e. The van der Waals surface area contributed by atoms with E-state index in [1.54, 1.807) is 6.33 Å². The number of halogens is 1. The molecule has 4 heteroatoms. The van der Waals surface area contributed by atoms with Crippen molar-refractivity contribution in [2.24, 2.45) is 0 Å². The lowest BCUT2D eigenvalue weighted by Gasteiger charge is -2.16. The highest BCUT2D eigenvalue weighted by atomic mass is 79.9. The van der Waals surface area contributed by atoms with E-state index in [-0.39, 0.29) is 6.04 Å². The molecule has 0 spiro atoms. The van der Waals surface area contributed by atoms with Crippen LogP contribution in [0.25, 0.3) is 10.9 Å². The van der Waals surface area contributed by atoms with E-state index in [1.165, 1.54) is 5.56 Å². The van der Waals surface area contributed by atoms with Crippen LogP contribution in [-0.2, 0) is 0 Å². The minimum atomic E-state index is 0.182. The lowest BCUT2D eigenvalue weighted by Crippen LogP contribution is -2.08. The van der Waals surface area contributed by atoms with Crippen LogP contribution in [0, 0.1) is 0 Å². The van der Waals surface area contributed by atoms with Crippen molar-refractivity contribution in [3.63, 3.8) is 0 Å². The molecule has 0 aliphatic heterocycles. The number of aromatic nitrogens is 2. The fourth-order valence-corrected chi connectivity index (χ4v) is 2.42. The third kappa shape index (κ3) is 2.65. The largest absolute Gasteiger partial charge is 0.363 e. The normalized spacial score (nSPS) is 12.3. The fourth-order valence-electron chi connectivity index (χ4n) is 2.16. The first kappa shape index (κ1) is 13.1. The van der Waals surface area contributed by atoms with Gasteiger partial charge in [0.2, 0.25) is 0 Å². The molecule has 0 saturated heterocycles. The van der Waals surface area contributed by atoms with Crippen molar-refractivity contribution in [1.29, 1.82) is 0 Å². The predicted octanol–water partition coefficient (Wildman–Crippen LogP) is 4.57. The van der Waals surface area contributed by atoms with Crippen LogP contribution in [0.2, 0.25) is 0 Å². The SMILES string of the molecule is C[C@H](Nc1ncnc2ccccc12)c1ccc(Br)cc1. The monoisotopic (exact) mass is 327 g/mol. The summed E-state index contributed by atoms with van der Waals surface area (Å²) in [5, 5.41) is 4.49. The van der Waals surface area contributed by atoms with Gasteiger partial charge in [0.1, 0.15) is 12.1 Å². The highest BCUT2D eigenvalue weighted by molar-refractivity contribution is 9.10. The van der Waals surface area contributed by atoms with Gasteiger partial charge in [0, 0.05) is 15.9 Å². The third-order valence-electron chi connectivity index (χ3n) is 3.27. The Morgan fingerprint density at radius 1 is 1.00 bits per heavy atom. The second-order valence-electron chi connectivity index (χ2n) is 4.66. The number of anilines is 1. The summed E-state index contributed by atoms with van der Waals surface area (Å²) in [6, 6.07) is 16.5. The first-order valence-corrected chi connectivity index (χ1v) is 7.25. The Morgan fingerprint density at radius 2 is 1.75 bits per heavy atom. The molecule has 0 radical (unpaired) electrons. The molecule has 0 bridgehead atoms. The predicted molar refractivity (Wildman–Crippen MR) is 85.7 cm³/mol. The van der Waals surface area contributed by atoms with Gasteiger partial charge < -0.3 is 5.32 Å². The van der Waals surface area contributed by atoms with Crippen molar-refractivity contribution in [3.8, 4) is 0 Å². The number of hydrogen-bond acceptors (Lipinski definition) is 3. The third-order valence-corrected chi connectivity index (χ3v) is 3.79. The lowest BCUT2D eigenvalue weighted by molar-refractivity contribution is 0.875. The van der Waals surface area contributed by atoms with Crippen molar-refractivity contribution in [2.75, 3.05) is 5.32 Å². The van der Waals surface area contributed by atoms with Crippen LogP contribution in [0.1, 0.15) is 18.5 Å². The summed E-state index contributed by atoms with van der Waals surface area (Å²) in [7, 11) is 0. The van der Waals surface area contributed by atoms with Crippen LogP contribution < -0.4 is 5.32 Å². The maximum atomic E-state index is 4.36. The topological polar surface area (TPSA) is 37.8 Å². The molecule has 0 aliphatic carbocycles. The van der Waals surface area contributed by atoms with E-state index < -0.39 is 0 Å². The van der Waals surface area contributed by atoms with Crippen LogP contribution in [-0.4, -0.2) is 9.97 Å². The summed E-state index contributed by atoms with van der Waals surface area (Å²) in [6.07, 6.45) is 1.60. The maximum absolute atomic E-state index is 4.36. The molecule has 3 rings (SSSR count). The van der Waals surface area contributed by atoms with Gasteiger partial charge in [-0.2, -0.15) is 0 Å². The molecular weight excluding hydrogens is 314 g/mol. The number of benzene rings is 2. The molecule has 3 aromatic rings. The van der Waals surface area contributed by atoms with Gasteiger partial charge in [-0.15, -0.1) is 0 Å². The molecule has 2 aromatic carbocycles. The van der Waals surface area contributed by atoms with Gasteiger partial charge in [-0.1, -0.05) is 40.2 Å². The number of hydrogen-bond donors (Lipinski definition) is 1. The molecule has 0 saturated carbocycles. The Morgan fingerprint density at radius 3 is 2.55 bits per heavy atom. The van der Waals surface area contributed by atoms with E-state index in [2.05, 4.69) is 50.3 Å². The smallest absolute Gasteiger partial charge is 0.137 e. The molecule has 3 nitrogen and oxygen atoms in total. The second kappa shape index (κ2) is 5.59. The molecule has 1 atom stereocenters. The van der Waals surface area contributed by atoms with Gasteiger partial charge in [-0.3, -0.25) is 0 Å². The Labute approximate surface area is 126 Å². The number of nitrogens with zero attached hydrogens (tertiary/aromatic N) is 2. The van der Waals surface area contributed by atoms with Gasteiger partial charge in [-0.05, 0) is 36.8 Å². The molecular formula is C16H14BrN3. The van der Waals surface area contributed by atoms with Gasteiger partial charge in [0.15, 0.2) is 0 Å². The zero-order valence-electron chi connectivity index (χ0n) is 11.0. The molecule has 0 fully saturated rings. The average molecular weight is 328 g/mol. The van der Waals surface area contributed by atoms with E-state index in [0.717, 1.165) is 21.2 Å². The van der Waals surface area contributed by atoms with Crippen molar-refractivity contribution in [1.82, 2.24) is 9.97 Å². The van der Waals surface area contributed by atoms with Crippen molar-refractivity contribution in [2.45, 2.75) is 13.0 Å². The highest BCUT2D eigenvalue weighted by Crippen LogP contribution is 2.24. The van der Waals surface area contributed by atoms with Crippen molar-refractivity contribution in [3.05, 3.63) is 64.9 Å². The van der Waals surface area contributed by atoms with E-state index >= 15 is 0 Å². The quantitative estimate of drug-likeness (QED) is 0.765. The average Bonchev–Trinajstić information content (AvgIpc) is 2.48. The van der Waals surface area contributed by atoms with Gasteiger partial charge in [-0.25, -0.2) is 9.97 Å². The van der Waals surface area contributed by atoms with Crippen LogP contribution in [0.15, 0.2) is 59.3 Å². The maximum Gasteiger partial charge on any atom is 0.137 e. The zero-order valence-corrected chi connectivity index (χ0v) is 12.6. The summed E-state index contributed by atoms with van der Waals surface area (Å²) < 4.78 is 1.08.